The van der Waals surface area contributed by atoms with Gasteiger partial charge in [-0.05, 0) is 18.2 Å². The molecule has 22 heavy (non-hydrogen) atoms. The molecule has 3 aromatic rings. The minimum atomic E-state index is 0. The lowest BCUT2D eigenvalue weighted by Crippen LogP contribution is -3.00. The molecule has 0 aliphatic carbocycles. The third-order valence-corrected chi connectivity index (χ3v) is 6.29. The van der Waals surface area contributed by atoms with E-state index in [-0.39, 0.29) is 17.0 Å². The molecular weight excluding hydrogens is 376 g/mol. The second kappa shape index (κ2) is 5.41. The van der Waals surface area contributed by atoms with Crippen molar-refractivity contribution in [3.05, 3.63) is 58.6 Å². The van der Waals surface area contributed by atoms with Crippen molar-refractivity contribution < 1.29 is 21.5 Å². The number of halogens is 1. The Bertz CT molecular complexity index is 901. The maximum Gasteiger partial charge on any atom is 0.265 e. The number of aromatic nitrogens is 1. The lowest BCUT2D eigenvalue weighted by atomic mass is 10.3. The Morgan fingerprint density at radius 2 is 1.82 bits per heavy atom. The van der Waals surface area contributed by atoms with E-state index in [2.05, 4.69) is 64.1 Å². The van der Waals surface area contributed by atoms with Gasteiger partial charge in [0.15, 0.2) is 6.54 Å². The maximum atomic E-state index is 2.45. The number of thioether (sulfide) groups is 1. The van der Waals surface area contributed by atoms with Crippen LogP contribution in [-0.4, -0.2) is 6.54 Å². The van der Waals surface area contributed by atoms with Crippen LogP contribution < -0.4 is 26.4 Å². The molecule has 2 nitrogen and oxygen atoms in total. The summed E-state index contributed by atoms with van der Waals surface area (Å²) < 4.78 is 3.83. The number of nitrogens with zero attached hydrogens (tertiary/aromatic N) is 2. The number of para-hydroxylation sites is 2. The van der Waals surface area contributed by atoms with Gasteiger partial charge < -0.3 is 21.9 Å². The second-order valence-electron chi connectivity index (χ2n) is 5.26. The molecule has 0 amide bonds. The van der Waals surface area contributed by atoms with Crippen LogP contribution in [0.3, 0.4) is 0 Å². The van der Waals surface area contributed by atoms with E-state index in [0.29, 0.717) is 0 Å². The van der Waals surface area contributed by atoms with E-state index in [9.17, 15) is 0 Å². The number of thiazole rings is 1. The SMILES string of the molecule is C1=C2Sc3ccccc3N2CC[n+]2c1sc1ccccc12.[Br-]. The summed E-state index contributed by atoms with van der Waals surface area (Å²) in [4.78, 5) is 3.83. The van der Waals surface area contributed by atoms with E-state index < -0.39 is 0 Å². The van der Waals surface area contributed by atoms with Gasteiger partial charge in [-0.15, -0.1) is 0 Å². The molecule has 0 N–H and O–H groups in total. The molecule has 1 aromatic heterocycles. The number of rotatable bonds is 0. The van der Waals surface area contributed by atoms with Gasteiger partial charge in [0, 0.05) is 11.0 Å². The molecule has 2 aliphatic heterocycles. The first kappa shape index (κ1) is 14.3. The molecule has 0 saturated heterocycles. The van der Waals surface area contributed by atoms with Gasteiger partial charge in [-0.3, -0.25) is 0 Å². The van der Waals surface area contributed by atoms with Gasteiger partial charge in [0.25, 0.3) is 5.01 Å². The lowest BCUT2D eigenvalue weighted by molar-refractivity contribution is -0.665. The predicted octanol–water partition coefficient (Wildman–Crippen LogP) is 1.12. The number of fused-ring (bicyclic) bond motifs is 6. The summed E-state index contributed by atoms with van der Waals surface area (Å²) >= 11 is 3.77. The number of benzene rings is 2. The van der Waals surface area contributed by atoms with Gasteiger partial charge in [0.05, 0.1) is 23.3 Å². The van der Waals surface area contributed by atoms with E-state index in [1.165, 1.54) is 30.8 Å². The van der Waals surface area contributed by atoms with Crippen LogP contribution in [-0.2, 0) is 6.54 Å². The molecule has 0 spiro atoms. The van der Waals surface area contributed by atoms with Crippen LogP contribution in [0.4, 0.5) is 5.69 Å². The highest BCUT2D eigenvalue weighted by atomic mass is 79.9. The highest BCUT2D eigenvalue weighted by molar-refractivity contribution is 8.03. The molecule has 0 unspecified atom stereocenters. The predicted molar refractivity (Wildman–Crippen MR) is 89.6 cm³/mol. The Hall–Kier alpha value is -1.30. The van der Waals surface area contributed by atoms with Crippen molar-refractivity contribution in [2.45, 2.75) is 11.4 Å². The molecule has 2 aliphatic rings. The van der Waals surface area contributed by atoms with E-state index in [1.807, 2.05) is 23.1 Å². The summed E-state index contributed by atoms with van der Waals surface area (Å²) in [5, 5.41) is 2.71. The van der Waals surface area contributed by atoms with Crippen molar-refractivity contribution in [1.82, 2.24) is 0 Å². The highest BCUT2D eigenvalue weighted by Crippen LogP contribution is 2.47. The van der Waals surface area contributed by atoms with Crippen molar-refractivity contribution in [3.63, 3.8) is 0 Å². The van der Waals surface area contributed by atoms with Crippen molar-refractivity contribution in [2.75, 3.05) is 11.4 Å². The topological polar surface area (TPSA) is 7.12 Å². The zero-order chi connectivity index (χ0) is 13.8. The first-order valence-corrected chi connectivity index (χ1v) is 8.71. The van der Waals surface area contributed by atoms with Gasteiger partial charge in [-0.2, -0.15) is 4.57 Å². The van der Waals surface area contributed by atoms with Crippen molar-refractivity contribution in [1.29, 1.82) is 0 Å². The quantitative estimate of drug-likeness (QED) is 0.532. The van der Waals surface area contributed by atoms with Gasteiger partial charge in [-0.25, -0.2) is 0 Å². The van der Waals surface area contributed by atoms with Crippen LogP contribution in [0.15, 0.2) is 58.5 Å². The molecule has 5 heteroatoms. The van der Waals surface area contributed by atoms with Crippen LogP contribution in [0.2, 0.25) is 0 Å². The number of anilines is 1. The zero-order valence-electron chi connectivity index (χ0n) is 11.7. The summed E-state index contributed by atoms with van der Waals surface area (Å²) in [6, 6.07) is 17.4. The summed E-state index contributed by atoms with van der Waals surface area (Å²) in [7, 11) is 0. The fourth-order valence-electron chi connectivity index (χ4n) is 3.09. The number of hydrogen-bond donors (Lipinski definition) is 0. The molecule has 5 rings (SSSR count). The summed E-state index contributed by atoms with van der Waals surface area (Å²) in [6.07, 6.45) is 2.35. The largest absolute Gasteiger partial charge is 1.00 e. The molecule has 2 aromatic carbocycles. The van der Waals surface area contributed by atoms with Crippen molar-refractivity contribution in [2.24, 2.45) is 0 Å². The Morgan fingerprint density at radius 1 is 1.00 bits per heavy atom. The van der Waals surface area contributed by atoms with Crippen LogP contribution in [0.5, 0.6) is 0 Å². The third kappa shape index (κ3) is 2.03. The summed E-state index contributed by atoms with van der Waals surface area (Å²) in [5.41, 5.74) is 2.71. The third-order valence-electron chi connectivity index (χ3n) is 4.07. The smallest absolute Gasteiger partial charge is 0.265 e. The first-order valence-electron chi connectivity index (χ1n) is 7.08. The Morgan fingerprint density at radius 3 is 2.77 bits per heavy atom. The lowest BCUT2D eigenvalue weighted by Gasteiger charge is -2.16. The highest BCUT2D eigenvalue weighted by Gasteiger charge is 2.31. The average molecular weight is 389 g/mol. The molecule has 0 radical (unpaired) electrons. The zero-order valence-corrected chi connectivity index (χ0v) is 14.9. The second-order valence-corrected chi connectivity index (χ2v) is 7.39. The van der Waals surface area contributed by atoms with Gasteiger partial charge >= 0.3 is 0 Å². The fraction of sp³-hybridized carbons (Fsp3) is 0.118. The Balaban J connectivity index is 0.00000125. The Kier molecular flexibility index (Phi) is 3.51. The normalized spacial score (nSPS) is 15.5. The van der Waals surface area contributed by atoms with E-state index >= 15 is 0 Å². The van der Waals surface area contributed by atoms with E-state index in [1.54, 1.807) is 0 Å². The van der Waals surface area contributed by atoms with Gasteiger partial charge in [0.1, 0.15) is 4.70 Å². The van der Waals surface area contributed by atoms with Crippen LogP contribution in [0.1, 0.15) is 5.01 Å². The fourth-order valence-corrected chi connectivity index (χ4v) is 5.41. The first-order chi connectivity index (χ1) is 10.4. The molecule has 0 bridgehead atoms. The molecule has 0 fully saturated rings. The molecule has 0 saturated carbocycles. The van der Waals surface area contributed by atoms with Crippen LogP contribution >= 0.6 is 23.1 Å². The molecule has 110 valence electrons. The minimum absolute atomic E-state index is 0. The van der Waals surface area contributed by atoms with Crippen LogP contribution in [0.25, 0.3) is 16.3 Å². The molecule has 0 atom stereocenters. The maximum absolute atomic E-state index is 2.45. The van der Waals surface area contributed by atoms with E-state index in [4.69, 9.17) is 0 Å². The summed E-state index contributed by atoms with van der Waals surface area (Å²) in [6.45, 7) is 2.07. The number of hydrogen-bond acceptors (Lipinski definition) is 3. The van der Waals surface area contributed by atoms with Gasteiger partial charge in [-0.1, -0.05) is 47.4 Å². The monoisotopic (exact) mass is 388 g/mol. The minimum Gasteiger partial charge on any atom is -1.00 e. The van der Waals surface area contributed by atoms with Crippen molar-refractivity contribution in [3.8, 4) is 0 Å². The average Bonchev–Trinajstić information content (AvgIpc) is 2.98. The molecular formula is C17H13BrN2S2. The van der Waals surface area contributed by atoms with Gasteiger partial charge in [0.2, 0.25) is 5.52 Å². The summed E-state index contributed by atoms with van der Waals surface area (Å²) in [5.74, 6) is 0. The Labute approximate surface area is 147 Å². The van der Waals surface area contributed by atoms with Crippen LogP contribution in [0, 0.1) is 0 Å². The van der Waals surface area contributed by atoms with Crippen molar-refractivity contribution >= 4 is 45.1 Å². The van der Waals surface area contributed by atoms with E-state index in [0.717, 1.165) is 13.1 Å². The molecule has 3 heterocycles. The standard InChI is InChI=1S/C17H13N2S2.BrH/c1-3-7-14-12(5-1)18-9-10-19-13-6-2-4-8-15(13)21-17(19)11-16(18)20-14;/h1-8,11H,9-10H2;1H/q+1;/p-1.